The number of rotatable bonds is 7. The molecule has 38 heavy (non-hydrogen) atoms. The van der Waals surface area contributed by atoms with Gasteiger partial charge in [0, 0.05) is 29.6 Å². The van der Waals surface area contributed by atoms with Gasteiger partial charge in [0.1, 0.15) is 10.7 Å². The van der Waals surface area contributed by atoms with E-state index >= 15 is 0 Å². The summed E-state index contributed by atoms with van der Waals surface area (Å²) in [6, 6.07) is 25.7. The zero-order chi connectivity index (χ0) is 26.9. The van der Waals surface area contributed by atoms with Gasteiger partial charge in [0.25, 0.3) is 0 Å². The highest BCUT2D eigenvalue weighted by molar-refractivity contribution is 7.90. The van der Waals surface area contributed by atoms with Crippen molar-refractivity contribution in [2.75, 3.05) is 4.90 Å². The van der Waals surface area contributed by atoms with Crippen LogP contribution in [-0.4, -0.2) is 25.0 Å². The molecule has 0 saturated heterocycles. The number of halogens is 1. The predicted octanol–water partition coefficient (Wildman–Crippen LogP) is 5.90. The largest absolute Gasteiger partial charge is 0.332 e. The highest BCUT2D eigenvalue weighted by Crippen LogP contribution is 2.35. The minimum Gasteiger partial charge on any atom is -0.332 e. The second kappa shape index (κ2) is 10.4. The molecule has 0 bridgehead atoms. The van der Waals surface area contributed by atoms with Crippen molar-refractivity contribution in [3.63, 3.8) is 0 Å². The molecule has 3 aromatic carbocycles. The third-order valence-corrected chi connectivity index (χ3v) is 8.36. The Bertz CT molecular complexity index is 1660. The van der Waals surface area contributed by atoms with Crippen molar-refractivity contribution < 1.29 is 18.0 Å². The Hall–Kier alpha value is -4.07. The third kappa shape index (κ3) is 5.03. The Balaban J connectivity index is 1.55. The SMILES string of the molecule is Cc1ccc(CN(C2=C(Cl)C(=O)c3ccccc3C2=O)c2ccc(S(=O)(=O)Cc3ccccn3)cc2)cc1. The van der Waals surface area contributed by atoms with Crippen LogP contribution in [0, 0.1) is 6.92 Å². The summed E-state index contributed by atoms with van der Waals surface area (Å²) in [5.74, 6) is -1.04. The highest BCUT2D eigenvalue weighted by atomic mass is 35.5. The van der Waals surface area contributed by atoms with Crippen LogP contribution in [0.5, 0.6) is 0 Å². The van der Waals surface area contributed by atoms with Gasteiger partial charge in [-0.15, -0.1) is 0 Å². The van der Waals surface area contributed by atoms with Crippen LogP contribution in [-0.2, 0) is 22.1 Å². The van der Waals surface area contributed by atoms with Crippen molar-refractivity contribution in [2.24, 2.45) is 0 Å². The van der Waals surface area contributed by atoms with Crippen molar-refractivity contribution >= 4 is 38.7 Å². The lowest BCUT2D eigenvalue weighted by molar-refractivity contribution is 0.0978. The van der Waals surface area contributed by atoms with E-state index in [0.29, 0.717) is 11.4 Å². The minimum atomic E-state index is -3.65. The van der Waals surface area contributed by atoms with E-state index in [-0.39, 0.29) is 44.8 Å². The van der Waals surface area contributed by atoms with Gasteiger partial charge in [-0.1, -0.05) is 71.8 Å². The first-order valence-electron chi connectivity index (χ1n) is 11.9. The first-order chi connectivity index (χ1) is 18.2. The number of nitrogens with zero attached hydrogens (tertiary/aromatic N) is 2. The number of allylic oxidation sites excluding steroid dienone is 2. The zero-order valence-corrected chi connectivity index (χ0v) is 22.0. The van der Waals surface area contributed by atoms with Gasteiger partial charge >= 0.3 is 0 Å². The lowest BCUT2D eigenvalue weighted by atomic mass is 9.91. The number of hydrogen-bond acceptors (Lipinski definition) is 6. The topological polar surface area (TPSA) is 84.4 Å². The lowest BCUT2D eigenvalue weighted by Crippen LogP contribution is -2.33. The number of sulfone groups is 1. The number of aromatic nitrogens is 1. The lowest BCUT2D eigenvalue weighted by Gasteiger charge is -2.30. The summed E-state index contributed by atoms with van der Waals surface area (Å²) in [7, 11) is -3.65. The second-order valence-electron chi connectivity index (χ2n) is 9.01. The summed E-state index contributed by atoms with van der Waals surface area (Å²) in [6.45, 7) is 2.22. The third-order valence-electron chi connectivity index (χ3n) is 6.34. The number of fused-ring (bicyclic) bond motifs is 1. The molecule has 1 aliphatic rings. The van der Waals surface area contributed by atoms with Crippen molar-refractivity contribution in [1.82, 2.24) is 4.98 Å². The molecule has 0 unspecified atom stereocenters. The Labute approximate surface area is 226 Å². The Morgan fingerprint density at radius 3 is 2.05 bits per heavy atom. The first-order valence-corrected chi connectivity index (χ1v) is 13.9. The van der Waals surface area contributed by atoms with Crippen molar-refractivity contribution in [3.05, 3.63) is 136 Å². The summed E-state index contributed by atoms with van der Waals surface area (Å²) in [4.78, 5) is 32.6. The van der Waals surface area contributed by atoms with Crippen LogP contribution in [0.1, 0.15) is 37.5 Å². The molecule has 4 aromatic rings. The molecule has 190 valence electrons. The zero-order valence-electron chi connectivity index (χ0n) is 20.5. The molecule has 0 saturated carbocycles. The molecule has 1 heterocycles. The van der Waals surface area contributed by atoms with Gasteiger partial charge < -0.3 is 4.90 Å². The summed E-state index contributed by atoms with van der Waals surface area (Å²) >= 11 is 6.55. The van der Waals surface area contributed by atoms with E-state index in [1.807, 2.05) is 31.2 Å². The van der Waals surface area contributed by atoms with Crippen LogP contribution in [0.2, 0.25) is 0 Å². The Kier molecular flexibility index (Phi) is 6.97. The average Bonchev–Trinajstić information content (AvgIpc) is 2.93. The number of carbonyl (C=O) groups excluding carboxylic acids is 2. The van der Waals surface area contributed by atoms with E-state index in [1.54, 1.807) is 65.7 Å². The Morgan fingerprint density at radius 1 is 0.789 bits per heavy atom. The molecule has 1 aromatic heterocycles. The number of Topliss-reactive ketones (excluding diaryl/α,β-unsaturated/α-hetero) is 2. The van der Waals surface area contributed by atoms with Gasteiger partial charge in [0.2, 0.25) is 11.6 Å². The van der Waals surface area contributed by atoms with E-state index in [2.05, 4.69) is 4.98 Å². The van der Waals surface area contributed by atoms with Gasteiger partial charge in [-0.25, -0.2) is 8.42 Å². The van der Waals surface area contributed by atoms with Crippen LogP contribution in [0.4, 0.5) is 5.69 Å². The molecule has 5 rings (SSSR count). The molecule has 0 spiro atoms. The van der Waals surface area contributed by atoms with Gasteiger partial charge in [-0.05, 0) is 48.9 Å². The van der Waals surface area contributed by atoms with Crippen LogP contribution < -0.4 is 4.90 Å². The maximum absolute atomic E-state index is 13.6. The second-order valence-corrected chi connectivity index (χ2v) is 11.4. The maximum atomic E-state index is 13.6. The molecule has 0 amide bonds. The normalized spacial score (nSPS) is 13.4. The summed E-state index contributed by atoms with van der Waals surface area (Å²) in [5.41, 5.74) is 3.53. The quantitative estimate of drug-likeness (QED) is 0.289. The van der Waals surface area contributed by atoms with Gasteiger partial charge in [0.15, 0.2) is 9.84 Å². The van der Waals surface area contributed by atoms with E-state index in [9.17, 15) is 18.0 Å². The fraction of sp³-hybridized carbons (Fsp3) is 0.100. The molecule has 0 fully saturated rings. The number of anilines is 1. The molecule has 0 radical (unpaired) electrons. The fourth-order valence-electron chi connectivity index (χ4n) is 4.34. The maximum Gasteiger partial charge on any atom is 0.211 e. The molecular weight excluding hydrogens is 520 g/mol. The number of benzene rings is 3. The molecule has 6 nitrogen and oxygen atoms in total. The Morgan fingerprint density at radius 2 is 1.42 bits per heavy atom. The van der Waals surface area contributed by atoms with Gasteiger partial charge in [-0.2, -0.15) is 0 Å². The molecule has 1 aliphatic carbocycles. The van der Waals surface area contributed by atoms with E-state index in [4.69, 9.17) is 11.6 Å². The monoisotopic (exact) mass is 542 g/mol. The van der Waals surface area contributed by atoms with Crippen LogP contribution in [0.3, 0.4) is 0 Å². The minimum absolute atomic E-state index is 0.0556. The number of ketones is 2. The van der Waals surface area contributed by atoms with Crippen molar-refractivity contribution in [1.29, 1.82) is 0 Å². The van der Waals surface area contributed by atoms with E-state index in [0.717, 1.165) is 11.1 Å². The summed E-state index contributed by atoms with van der Waals surface area (Å²) < 4.78 is 26.0. The van der Waals surface area contributed by atoms with Crippen molar-refractivity contribution in [3.8, 4) is 0 Å². The highest BCUT2D eigenvalue weighted by Gasteiger charge is 2.35. The number of pyridine rings is 1. The molecule has 0 atom stereocenters. The number of carbonyl (C=O) groups is 2. The van der Waals surface area contributed by atoms with Crippen LogP contribution in [0.25, 0.3) is 0 Å². The predicted molar refractivity (Wildman–Crippen MR) is 147 cm³/mol. The average molecular weight is 543 g/mol. The van der Waals surface area contributed by atoms with Gasteiger partial charge in [0.05, 0.1) is 16.3 Å². The summed E-state index contributed by atoms with van der Waals surface area (Å²) in [5, 5.41) is -0.173. The van der Waals surface area contributed by atoms with Gasteiger partial charge in [-0.3, -0.25) is 14.6 Å². The number of aryl methyl sites for hydroxylation is 1. The van der Waals surface area contributed by atoms with Crippen molar-refractivity contribution in [2.45, 2.75) is 24.1 Å². The van der Waals surface area contributed by atoms with Crippen LogP contribution in [0.15, 0.2) is 113 Å². The fourth-order valence-corrected chi connectivity index (χ4v) is 5.91. The molecule has 8 heteroatoms. The standard InChI is InChI=1S/C30H23ClN2O4S/c1-20-9-11-21(12-10-20)18-33(28-27(31)29(34)25-7-2-3-8-26(25)30(28)35)23-13-15-24(16-14-23)38(36,37)19-22-6-4-5-17-32-22/h2-17H,18-19H2,1H3. The smallest absolute Gasteiger partial charge is 0.211 e. The molecule has 0 aliphatic heterocycles. The number of hydrogen-bond donors (Lipinski definition) is 0. The first kappa shape index (κ1) is 25.6. The molecule has 0 N–H and O–H groups in total. The molecular formula is C30H23ClN2O4S. The van der Waals surface area contributed by atoms with E-state index < -0.39 is 15.6 Å². The van der Waals surface area contributed by atoms with Crippen LogP contribution >= 0.6 is 11.6 Å². The van der Waals surface area contributed by atoms with E-state index in [1.165, 1.54) is 12.1 Å². The summed E-state index contributed by atoms with van der Waals surface area (Å²) in [6.07, 6.45) is 1.55.